The van der Waals surface area contributed by atoms with Crippen molar-refractivity contribution >= 4 is 28.1 Å². The van der Waals surface area contributed by atoms with E-state index in [0.717, 1.165) is 58.4 Å². The molecule has 0 radical (unpaired) electrons. The molecule has 186 valence electrons. The zero-order chi connectivity index (χ0) is 25.1. The van der Waals surface area contributed by atoms with Crippen LogP contribution in [0.3, 0.4) is 0 Å². The molecule has 2 unspecified atom stereocenters. The average molecular weight is 477 g/mol. The second-order valence-electron chi connectivity index (χ2n) is 9.33. The summed E-state index contributed by atoms with van der Waals surface area (Å²) < 4.78 is 11.1. The van der Waals surface area contributed by atoms with Crippen LogP contribution in [-0.4, -0.2) is 67.1 Å². The van der Waals surface area contributed by atoms with Gasteiger partial charge in [0.05, 0.1) is 42.9 Å². The molecule has 0 amide bonds. The predicted octanol–water partition coefficient (Wildman–Crippen LogP) is 4.58. The molecule has 2 aromatic carbocycles. The molecule has 35 heavy (non-hydrogen) atoms. The van der Waals surface area contributed by atoms with Crippen LogP contribution in [0.5, 0.6) is 11.5 Å². The first-order valence-electron chi connectivity index (χ1n) is 12.1. The molecule has 1 N–H and O–H groups in total. The molecular weight excluding hydrogens is 440 g/mol. The van der Waals surface area contributed by atoms with Crippen molar-refractivity contribution in [1.82, 2.24) is 20.3 Å². The van der Waals surface area contributed by atoms with Gasteiger partial charge in [-0.2, -0.15) is 5.10 Å². The summed E-state index contributed by atoms with van der Waals surface area (Å²) >= 11 is 0. The maximum atomic E-state index is 5.54. The number of hydrogen-bond donors (Lipinski definition) is 1. The number of aromatic nitrogens is 2. The van der Waals surface area contributed by atoms with Crippen LogP contribution in [0.25, 0.3) is 11.0 Å². The minimum absolute atomic E-state index is 0.134. The highest BCUT2D eigenvalue weighted by atomic mass is 16.5. The number of anilines is 2. The molecule has 8 nitrogen and oxygen atoms in total. The van der Waals surface area contributed by atoms with Gasteiger partial charge >= 0.3 is 0 Å². The highest BCUT2D eigenvalue weighted by Crippen LogP contribution is 2.34. The topological polar surface area (TPSA) is 75.1 Å². The summed E-state index contributed by atoms with van der Waals surface area (Å²) in [6, 6.07) is 12.8. The molecule has 0 spiro atoms. The molecule has 0 saturated carbocycles. The number of benzene rings is 2. The molecule has 2 heterocycles. The number of hydrazone groups is 1. The first-order chi connectivity index (χ1) is 16.8. The lowest BCUT2D eigenvalue weighted by atomic mass is 9.94. The van der Waals surface area contributed by atoms with E-state index in [4.69, 9.17) is 19.4 Å². The summed E-state index contributed by atoms with van der Waals surface area (Å²) in [5.74, 6) is 1.63. The SMILES string of the molecule is COc1cc(OC)cc(N(CCNC(C)C)c2ccc3ncc(C4C(C)=NN(C)C4C)nc3c2)c1. The Labute approximate surface area is 208 Å². The van der Waals surface area contributed by atoms with E-state index in [9.17, 15) is 0 Å². The van der Waals surface area contributed by atoms with E-state index in [0.29, 0.717) is 6.04 Å². The smallest absolute Gasteiger partial charge is 0.124 e. The van der Waals surface area contributed by atoms with Gasteiger partial charge in [-0.15, -0.1) is 0 Å². The van der Waals surface area contributed by atoms with Crippen LogP contribution >= 0.6 is 0 Å². The van der Waals surface area contributed by atoms with Gasteiger partial charge in [-0.25, -0.2) is 4.98 Å². The molecule has 1 aromatic heterocycles. The molecule has 4 rings (SSSR count). The van der Waals surface area contributed by atoms with Gasteiger partial charge < -0.3 is 19.7 Å². The minimum atomic E-state index is 0.134. The van der Waals surface area contributed by atoms with Crippen LogP contribution in [0.15, 0.2) is 47.7 Å². The number of fused-ring (bicyclic) bond motifs is 1. The summed E-state index contributed by atoms with van der Waals surface area (Å²) in [6.45, 7) is 10.1. The lowest BCUT2D eigenvalue weighted by molar-refractivity contribution is 0.287. The Hall–Kier alpha value is -3.39. The molecular formula is C27H36N6O2. The number of rotatable bonds is 9. The molecule has 1 aliphatic heterocycles. The van der Waals surface area contributed by atoms with Gasteiger partial charge in [0.15, 0.2) is 0 Å². The summed E-state index contributed by atoms with van der Waals surface area (Å²) in [4.78, 5) is 12.0. The Morgan fingerprint density at radius 1 is 1.03 bits per heavy atom. The van der Waals surface area contributed by atoms with Crippen molar-refractivity contribution in [2.45, 2.75) is 45.7 Å². The third-order valence-electron chi connectivity index (χ3n) is 6.55. The van der Waals surface area contributed by atoms with Crippen molar-refractivity contribution in [3.8, 4) is 11.5 Å². The van der Waals surface area contributed by atoms with Crippen LogP contribution in [-0.2, 0) is 0 Å². The molecule has 0 bridgehead atoms. The average Bonchev–Trinajstić information content (AvgIpc) is 3.11. The molecule has 0 fully saturated rings. The van der Waals surface area contributed by atoms with Crippen molar-refractivity contribution in [1.29, 1.82) is 0 Å². The van der Waals surface area contributed by atoms with Crippen molar-refractivity contribution in [2.75, 3.05) is 39.3 Å². The van der Waals surface area contributed by atoms with Gasteiger partial charge in [-0.05, 0) is 32.0 Å². The lowest BCUT2D eigenvalue weighted by Gasteiger charge is -2.27. The van der Waals surface area contributed by atoms with Crippen LogP contribution in [0.4, 0.5) is 11.4 Å². The van der Waals surface area contributed by atoms with E-state index in [-0.39, 0.29) is 12.0 Å². The maximum absolute atomic E-state index is 5.54. The van der Waals surface area contributed by atoms with Gasteiger partial charge in [0.2, 0.25) is 0 Å². The van der Waals surface area contributed by atoms with E-state index in [2.05, 4.69) is 55.1 Å². The molecule has 0 saturated heterocycles. The first kappa shape index (κ1) is 24.7. The molecule has 2 atom stereocenters. The normalized spacial score (nSPS) is 17.7. The number of nitrogens with one attached hydrogen (secondary N) is 1. The van der Waals surface area contributed by atoms with E-state index in [1.54, 1.807) is 14.2 Å². The van der Waals surface area contributed by atoms with Gasteiger partial charge in [0.1, 0.15) is 11.5 Å². The van der Waals surface area contributed by atoms with Crippen LogP contribution in [0.1, 0.15) is 39.3 Å². The number of nitrogens with zero attached hydrogens (tertiary/aromatic N) is 5. The second-order valence-corrected chi connectivity index (χ2v) is 9.33. The third kappa shape index (κ3) is 5.32. The van der Waals surface area contributed by atoms with E-state index in [1.807, 2.05) is 42.5 Å². The fourth-order valence-corrected chi connectivity index (χ4v) is 4.58. The van der Waals surface area contributed by atoms with Gasteiger partial charge in [-0.1, -0.05) is 13.8 Å². The Balaban J connectivity index is 1.75. The lowest BCUT2D eigenvalue weighted by Crippen LogP contribution is -2.32. The van der Waals surface area contributed by atoms with Gasteiger partial charge in [0.25, 0.3) is 0 Å². The van der Waals surface area contributed by atoms with Crippen molar-refractivity contribution in [3.05, 3.63) is 48.3 Å². The van der Waals surface area contributed by atoms with E-state index in [1.165, 1.54) is 0 Å². The fraction of sp³-hybridized carbons (Fsp3) is 0.444. The van der Waals surface area contributed by atoms with Crippen molar-refractivity contribution in [2.24, 2.45) is 5.10 Å². The number of likely N-dealkylation sites (N-methyl/N-ethyl adjacent to an activating group) is 1. The number of methoxy groups -OCH3 is 2. The highest BCUT2D eigenvalue weighted by molar-refractivity contribution is 5.91. The van der Waals surface area contributed by atoms with Gasteiger partial charge in [0, 0.05) is 67.7 Å². The van der Waals surface area contributed by atoms with E-state index >= 15 is 0 Å². The number of ether oxygens (including phenoxy) is 2. The molecule has 1 aliphatic rings. The predicted molar refractivity (Wildman–Crippen MR) is 142 cm³/mol. The summed E-state index contributed by atoms with van der Waals surface area (Å²) in [6.07, 6.45) is 1.89. The maximum Gasteiger partial charge on any atom is 0.124 e. The Bertz CT molecular complexity index is 1190. The summed E-state index contributed by atoms with van der Waals surface area (Å²) in [7, 11) is 5.35. The minimum Gasteiger partial charge on any atom is -0.497 e. The molecule has 3 aromatic rings. The molecule has 0 aliphatic carbocycles. The monoisotopic (exact) mass is 476 g/mol. The van der Waals surface area contributed by atoms with Crippen LogP contribution < -0.4 is 19.7 Å². The van der Waals surface area contributed by atoms with Crippen LogP contribution in [0.2, 0.25) is 0 Å². The Kier molecular flexibility index (Phi) is 7.40. The molecule has 8 heteroatoms. The zero-order valence-corrected chi connectivity index (χ0v) is 21.7. The second kappa shape index (κ2) is 10.5. The standard InChI is InChI=1S/C27H36N6O2/c1-17(2)28-10-11-33(21-12-22(34-6)15-23(13-21)35-7)20-8-9-24-25(14-20)30-26(16-29-24)27-18(3)31-32(5)19(27)4/h8-9,12-17,19,27-28H,10-11H2,1-7H3. The largest absolute Gasteiger partial charge is 0.497 e. The van der Waals surface area contributed by atoms with Crippen molar-refractivity contribution < 1.29 is 9.47 Å². The third-order valence-corrected chi connectivity index (χ3v) is 6.55. The quantitative estimate of drug-likeness (QED) is 0.485. The van der Waals surface area contributed by atoms with Gasteiger partial charge in [-0.3, -0.25) is 9.99 Å². The van der Waals surface area contributed by atoms with Crippen molar-refractivity contribution in [3.63, 3.8) is 0 Å². The highest BCUT2D eigenvalue weighted by Gasteiger charge is 2.32. The Morgan fingerprint density at radius 2 is 1.74 bits per heavy atom. The Morgan fingerprint density at radius 3 is 2.34 bits per heavy atom. The summed E-state index contributed by atoms with van der Waals surface area (Å²) in [5.41, 5.74) is 5.77. The fourth-order valence-electron chi connectivity index (χ4n) is 4.58. The summed E-state index contributed by atoms with van der Waals surface area (Å²) in [5, 5.41) is 10.1. The van der Waals surface area contributed by atoms with Crippen LogP contribution in [0, 0.1) is 0 Å². The zero-order valence-electron chi connectivity index (χ0n) is 21.7. The first-order valence-corrected chi connectivity index (χ1v) is 12.1. The number of hydrogen-bond acceptors (Lipinski definition) is 8. The van der Waals surface area contributed by atoms with E-state index < -0.39 is 0 Å².